The highest BCUT2D eigenvalue weighted by atomic mass is 19.1. The largest absolute Gasteiger partial charge is 0.316 e. The molecule has 54 valence electrons. The van der Waals surface area contributed by atoms with Crippen LogP contribution in [0.25, 0.3) is 0 Å². The molecule has 1 N–H and O–H groups in total. The Morgan fingerprint density at radius 2 is 2.44 bits per heavy atom. The Morgan fingerprint density at radius 3 is 2.78 bits per heavy atom. The van der Waals surface area contributed by atoms with Gasteiger partial charge in [0.2, 0.25) is 0 Å². The van der Waals surface area contributed by atoms with Crippen molar-refractivity contribution in [3.05, 3.63) is 0 Å². The van der Waals surface area contributed by atoms with Crippen LogP contribution in [0.2, 0.25) is 0 Å². The Kier molecular flexibility index (Phi) is 2.46. The summed E-state index contributed by atoms with van der Waals surface area (Å²) < 4.78 is 12.5. The van der Waals surface area contributed by atoms with Crippen LogP contribution in [0, 0.1) is 5.92 Å². The lowest BCUT2D eigenvalue weighted by atomic mass is 9.96. The first kappa shape index (κ1) is 7.00. The van der Waals surface area contributed by atoms with Gasteiger partial charge in [-0.15, -0.1) is 0 Å². The minimum Gasteiger partial charge on any atom is -0.316 e. The summed E-state index contributed by atoms with van der Waals surface area (Å²) in [6.45, 7) is 3.60. The summed E-state index contributed by atoms with van der Waals surface area (Å²) in [5.41, 5.74) is 0. The van der Waals surface area contributed by atoms with Gasteiger partial charge in [0.1, 0.15) is 6.17 Å². The second kappa shape index (κ2) is 3.16. The summed E-state index contributed by atoms with van der Waals surface area (Å²) in [5, 5.41) is 3.18. The minimum atomic E-state index is -0.627. The molecule has 1 saturated heterocycles. The third-order valence-corrected chi connectivity index (χ3v) is 1.98. The molecule has 1 heterocycles. The van der Waals surface area contributed by atoms with Crippen molar-refractivity contribution in [3.63, 3.8) is 0 Å². The van der Waals surface area contributed by atoms with Crippen LogP contribution in [0.4, 0.5) is 4.39 Å². The molecule has 0 radical (unpaired) electrons. The van der Waals surface area contributed by atoms with Crippen LogP contribution in [0.3, 0.4) is 0 Å². The third-order valence-electron chi connectivity index (χ3n) is 1.98. The first-order valence-electron chi connectivity index (χ1n) is 3.65. The molecule has 0 bridgehead atoms. The quantitative estimate of drug-likeness (QED) is 0.566. The number of rotatable bonds is 1. The van der Waals surface area contributed by atoms with Crippen LogP contribution in [-0.4, -0.2) is 19.3 Å². The van der Waals surface area contributed by atoms with Gasteiger partial charge in [-0.3, -0.25) is 0 Å². The van der Waals surface area contributed by atoms with Gasteiger partial charge < -0.3 is 5.32 Å². The van der Waals surface area contributed by atoms with Crippen LogP contribution < -0.4 is 5.32 Å². The van der Waals surface area contributed by atoms with Crippen molar-refractivity contribution >= 4 is 0 Å². The van der Waals surface area contributed by atoms with Crippen LogP contribution in [-0.2, 0) is 0 Å². The topological polar surface area (TPSA) is 12.0 Å². The second-order valence-corrected chi connectivity index (χ2v) is 2.78. The number of alkyl halides is 1. The maximum absolute atomic E-state index is 12.5. The second-order valence-electron chi connectivity index (χ2n) is 2.78. The van der Waals surface area contributed by atoms with Crippen LogP contribution in [0.15, 0.2) is 0 Å². The summed E-state index contributed by atoms with van der Waals surface area (Å²) in [7, 11) is 0. The molecule has 0 amide bonds. The lowest BCUT2D eigenvalue weighted by molar-refractivity contribution is 0.209. The summed E-state index contributed by atoms with van der Waals surface area (Å²) in [5.74, 6) is 0.277. The Hall–Kier alpha value is -0.110. The average Bonchev–Trinajstić information content (AvgIpc) is 1.90. The number of hydrogen-bond acceptors (Lipinski definition) is 1. The Labute approximate surface area is 55.6 Å². The van der Waals surface area contributed by atoms with E-state index in [0.29, 0.717) is 0 Å². The van der Waals surface area contributed by atoms with Gasteiger partial charge >= 0.3 is 0 Å². The number of halogens is 1. The van der Waals surface area contributed by atoms with E-state index in [4.69, 9.17) is 0 Å². The number of nitrogens with one attached hydrogen (secondary N) is 1. The molecule has 0 aromatic heterocycles. The zero-order valence-electron chi connectivity index (χ0n) is 5.86. The highest BCUT2D eigenvalue weighted by Gasteiger charge is 2.18. The molecule has 0 aliphatic carbocycles. The predicted octanol–water partition coefficient (Wildman–Crippen LogP) is 1.34. The van der Waals surface area contributed by atoms with Crippen LogP contribution in [0.1, 0.15) is 19.8 Å². The molecule has 0 spiro atoms. The van der Waals surface area contributed by atoms with E-state index in [-0.39, 0.29) is 5.92 Å². The maximum atomic E-state index is 12.5. The minimum absolute atomic E-state index is 0.277. The van der Waals surface area contributed by atoms with E-state index in [1.165, 1.54) is 0 Å². The Bertz CT molecular complexity index is 77.0. The fraction of sp³-hybridized carbons (Fsp3) is 1.00. The van der Waals surface area contributed by atoms with E-state index in [0.717, 1.165) is 25.9 Å². The van der Waals surface area contributed by atoms with E-state index in [2.05, 4.69) is 5.32 Å². The molecule has 1 rings (SSSR count). The normalized spacial score (nSPS) is 32.0. The molecule has 0 aromatic rings. The summed E-state index contributed by atoms with van der Waals surface area (Å²) in [4.78, 5) is 0. The molecule has 1 aliphatic rings. The van der Waals surface area contributed by atoms with Gasteiger partial charge in [-0.25, -0.2) is 4.39 Å². The van der Waals surface area contributed by atoms with Crippen molar-refractivity contribution in [1.29, 1.82) is 0 Å². The standard InChI is InChI=1S/C7H14FN/c1-6(8)7-3-2-4-9-5-7/h6-7,9H,2-5H2,1H3/t6-,7+/m1/s1. The van der Waals surface area contributed by atoms with Crippen molar-refractivity contribution in [2.45, 2.75) is 25.9 Å². The molecule has 2 heteroatoms. The SMILES string of the molecule is C[C@@H](F)[C@H]1CCCNC1. The van der Waals surface area contributed by atoms with E-state index >= 15 is 0 Å². The fourth-order valence-corrected chi connectivity index (χ4v) is 1.27. The summed E-state index contributed by atoms with van der Waals surface area (Å²) in [6.07, 6.45) is 1.57. The van der Waals surface area contributed by atoms with Crippen LogP contribution in [0.5, 0.6) is 0 Å². The van der Waals surface area contributed by atoms with Gasteiger partial charge in [0.05, 0.1) is 0 Å². The highest BCUT2D eigenvalue weighted by molar-refractivity contribution is 4.72. The molecule has 1 nitrogen and oxygen atoms in total. The number of piperidine rings is 1. The monoisotopic (exact) mass is 131 g/mol. The fourth-order valence-electron chi connectivity index (χ4n) is 1.27. The van der Waals surface area contributed by atoms with Crippen molar-refractivity contribution in [1.82, 2.24) is 5.32 Å². The van der Waals surface area contributed by atoms with Crippen LogP contribution >= 0.6 is 0 Å². The molecule has 1 fully saturated rings. The summed E-state index contributed by atoms with van der Waals surface area (Å²) in [6, 6.07) is 0. The van der Waals surface area contributed by atoms with Gasteiger partial charge in [-0.05, 0) is 26.3 Å². The Balaban J connectivity index is 2.23. The van der Waals surface area contributed by atoms with Crippen molar-refractivity contribution in [2.24, 2.45) is 5.92 Å². The van der Waals surface area contributed by atoms with Gasteiger partial charge in [-0.1, -0.05) is 0 Å². The molecule has 9 heavy (non-hydrogen) atoms. The van der Waals surface area contributed by atoms with Gasteiger partial charge in [0, 0.05) is 12.5 Å². The number of hydrogen-bond donors (Lipinski definition) is 1. The average molecular weight is 131 g/mol. The molecule has 0 unspecified atom stereocenters. The van der Waals surface area contributed by atoms with E-state index < -0.39 is 6.17 Å². The summed E-state index contributed by atoms with van der Waals surface area (Å²) >= 11 is 0. The maximum Gasteiger partial charge on any atom is 0.101 e. The molecule has 0 aromatic carbocycles. The van der Waals surface area contributed by atoms with Gasteiger partial charge in [-0.2, -0.15) is 0 Å². The smallest absolute Gasteiger partial charge is 0.101 e. The lowest BCUT2D eigenvalue weighted by Crippen LogP contribution is -2.33. The molecular formula is C7H14FN. The van der Waals surface area contributed by atoms with Crippen molar-refractivity contribution < 1.29 is 4.39 Å². The van der Waals surface area contributed by atoms with E-state index in [1.54, 1.807) is 6.92 Å². The van der Waals surface area contributed by atoms with Gasteiger partial charge in [0.15, 0.2) is 0 Å². The van der Waals surface area contributed by atoms with Gasteiger partial charge in [0.25, 0.3) is 0 Å². The molecular weight excluding hydrogens is 117 g/mol. The lowest BCUT2D eigenvalue weighted by Gasteiger charge is -2.23. The third kappa shape index (κ3) is 1.94. The highest BCUT2D eigenvalue weighted by Crippen LogP contribution is 2.15. The Morgan fingerprint density at radius 1 is 1.67 bits per heavy atom. The van der Waals surface area contributed by atoms with Crippen molar-refractivity contribution in [2.75, 3.05) is 13.1 Å². The first-order valence-corrected chi connectivity index (χ1v) is 3.65. The van der Waals surface area contributed by atoms with Crippen molar-refractivity contribution in [3.8, 4) is 0 Å². The van der Waals surface area contributed by atoms with E-state index in [1.807, 2.05) is 0 Å². The van der Waals surface area contributed by atoms with E-state index in [9.17, 15) is 4.39 Å². The first-order chi connectivity index (χ1) is 4.30. The molecule has 1 aliphatic heterocycles. The predicted molar refractivity (Wildman–Crippen MR) is 36.2 cm³/mol. The zero-order valence-corrected chi connectivity index (χ0v) is 5.86. The molecule has 2 atom stereocenters. The molecule has 0 saturated carbocycles. The zero-order chi connectivity index (χ0) is 6.69.